The molecule has 6 nitrogen and oxygen atoms in total. The summed E-state index contributed by atoms with van der Waals surface area (Å²) < 4.78 is 5.75. The van der Waals surface area contributed by atoms with Gasteiger partial charge in [-0.2, -0.15) is 0 Å². The van der Waals surface area contributed by atoms with Crippen LogP contribution in [0, 0.1) is 0 Å². The lowest BCUT2D eigenvalue weighted by Gasteiger charge is -2.09. The summed E-state index contributed by atoms with van der Waals surface area (Å²) in [4.78, 5) is 15.5. The van der Waals surface area contributed by atoms with Gasteiger partial charge < -0.3 is 14.7 Å². The third-order valence-electron chi connectivity index (χ3n) is 3.98. The second kappa shape index (κ2) is 7.46. The molecular weight excluding hydrogens is 384 g/mol. The van der Waals surface area contributed by atoms with Gasteiger partial charge in [0, 0.05) is 27.8 Å². The molecule has 27 heavy (non-hydrogen) atoms. The van der Waals surface area contributed by atoms with Gasteiger partial charge in [0.1, 0.15) is 0 Å². The fraction of sp³-hybridized carbons (Fsp3) is 0.105. The SMILES string of the molecule is C[C@@H](Sc1nnc(-c2c[nH]c3ccccc23)o1)C(=O)Nc1ccc(Cl)cc1. The quantitative estimate of drug-likeness (QED) is 0.462. The summed E-state index contributed by atoms with van der Waals surface area (Å²) in [6, 6.07) is 14.8. The zero-order chi connectivity index (χ0) is 18.8. The first kappa shape index (κ1) is 17.6. The van der Waals surface area contributed by atoms with E-state index >= 15 is 0 Å². The highest BCUT2D eigenvalue weighted by molar-refractivity contribution is 8.00. The van der Waals surface area contributed by atoms with Crippen molar-refractivity contribution in [3.63, 3.8) is 0 Å². The molecule has 136 valence electrons. The van der Waals surface area contributed by atoms with E-state index in [0.29, 0.717) is 21.8 Å². The summed E-state index contributed by atoms with van der Waals surface area (Å²) in [6.07, 6.45) is 1.84. The Morgan fingerprint density at radius 2 is 1.96 bits per heavy atom. The maximum Gasteiger partial charge on any atom is 0.277 e. The molecule has 2 aromatic heterocycles. The van der Waals surface area contributed by atoms with Gasteiger partial charge in [-0.25, -0.2) is 0 Å². The van der Waals surface area contributed by atoms with E-state index in [0.717, 1.165) is 16.5 Å². The Morgan fingerprint density at radius 1 is 1.19 bits per heavy atom. The number of amides is 1. The van der Waals surface area contributed by atoms with Gasteiger partial charge in [-0.05, 0) is 37.3 Å². The van der Waals surface area contributed by atoms with E-state index in [1.807, 2.05) is 30.5 Å². The number of hydrogen-bond acceptors (Lipinski definition) is 5. The molecule has 0 spiro atoms. The van der Waals surface area contributed by atoms with Crippen molar-refractivity contribution in [1.29, 1.82) is 0 Å². The molecule has 1 amide bonds. The predicted octanol–water partition coefficient (Wildman–Crippen LogP) is 4.99. The van der Waals surface area contributed by atoms with Crippen LogP contribution in [0.3, 0.4) is 0 Å². The van der Waals surface area contributed by atoms with E-state index in [2.05, 4.69) is 20.5 Å². The monoisotopic (exact) mass is 398 g/mol. The van der Waals surface area contributed by atoms with E-state index in [-0.39, 0.29) is 5.91 Å². The van der Waals surface area contributed by atoms with Crippen LogP contribution in [0.4, 0.5) is 5.69 Å². The van der Waals surface area contributed by atoms with Crippen LogP contribution in [0.15, 0.2) is 64.4 Å². The van der Waals surface area contributed by atoms with Gasteiger partial charge in [0.15, 0.2) is 0 Å². The molecule has 1 atom stereocenters. The van der Waals surface area contributed by atoms with Crippen LogP contribution in [-0.2, 0) is 4.79 Å². The van der Waals surface area contributed by atoms with Crippen molar-refractivity contribution in [3.05, 3.63) is 59.8 Å². The number of aromatic nitrogens is 3. The molecule has 8 heteroatoms. The molecule has 4 aromatic rings. The van der Waals surface area contributed by atoms with Crippen LogP contribution >= 0.6 is 23.4 Å². The second-order valence-corrected chi connectivity index (χ2v) is 7.61. The van der Waals surface area contributed by atoms with E-state index < -0.39 is 5.25 Å². The molecule has 0 aliphatic carbocycles. The summed E-state index contributed by atoms with van der Waals surface area (Å²) in [7, 11) is 0. The number of halogens is 1. The smallest absolute Gasteiger partial charge is 0.277 e. The summed E-state index contributed by atoms with van der Waals surface area (Å²) >= 11 is 7.06. The average molecular weight is 399 g/mol. The fourth-order valence-corrected chi connectivity index (χ4v) is 3.41. The predicted molar refractivity (Wildman–Crippen MR) is 107 cm³/mol. The number of thioether (sulfide) groups is 1. The molecule has 2 N–H and O–H groups in total. The number of hydrogen-bond donors (Lipinski definition) is 2. The van der Waals surface area contributed by atoms with Crippen molar-refractivity contribution in [3.8, 4) is 11.5 Å². The Bertz CT molecular complexity index is 1090. The number of anilines is 1. The minimum absolute atomic E-state index is 0.158. The highest BCUT2D eigenvalue weighted by atomic mass is 35.5. The van der Waals surface area contributed by atoms with Crippen LogP contribution in [-0.4, -0.2) is 26.3 Å². The lowest BCUT2D eigenvalue weighted by atomic mass is 10.2. The number of nitrogens with one attached hydrogen (secondary N) is 2. The number of aromatic amines is 1. The maximum atomic E-state index is 12.4. The van der Waals surface area contributed by atoms with E-state index in [1.54, 1.807) is 31.2 Å². The van der Waals surface area contributed by atoms with E-state index in [9.17, 15) is 4.79 Å². The number of para-hydroxylation sites is 1. The second-order valence-electron chi connectivity index (χ2n) is 5.88. The number of fused-ring (bicyclic) bond motifs is 1. The summed E-state index contributed by atoms with van der Waals surface area (Å²) in [5, 5.41) is 12.6. The van der Waals surface area contributed by atoms with Gasteiger partial charge in [0.2, 0.25) is 5.91 Å². The molecule has 0 saturated heterocycles. The molecule has 0 unspecified atom stereocenters. The van der Waals surface area contributed by atoms with Crippen LogP contribution < -0.4 is 5.32 Å². The van der Waals surface area contributed by atoms with Crippen molar-refractivity contribution in [2.24, 2.45) is 0 Å². The summed E-state index contributed by atoms with van der Waals surface area (Å²) in [5.74, 6) is 0.259. The summed E-state index contributed by atoms with van der Waals surface area (Å²) in [6.45, 7) is 1.78. The zero-order valence-electron chi connectivity index (χ0n) is 14.3. The minimum Gasteiger partial charge on any atom is -0.411 e. The number of H-pyrrole nitrogens is 1. The molecule has 0 radical (unpaired) electrons. The Hall–Kier alpha value is -2.77. The lowest BCUT2D eigenvalue weighted by molar-refractivity contribution is -0.115. The van der Waals surface area contributed by atoms with Gasteiger partial charge >= 0.3 is 0 Å². The number of benzene rings is 2. The zero-order valence-corrected chi connectivity index (χ0v) is 15.8. The third-order valence-corrected chi connectivity index (χ3v) is 5.17. The molecule has 0 fully saturated rings. The normalized spacial score (nSPS) is 12.2. The Balaban J connectivity index is 1.45. The molecule has 0 aliphatic rings. The fourth-order valence-electron chi connectivity index (χ4n) is 2.60. The maximum absolute atomic E-state index is 12.4. The number of carbonyl (C=O) groups is 1. The first-order chi connectivity index (χ1) is 13.1. The van der Waals surface area contributed by atoms with Gasteiger partial charge in [0.25, 0.3) is 11.1 Å². The largest absolute Gasteiger partial charge is 0.411 e. The first-order valence-corrected chi connectivity index (χ1v) is 9.49. The molecule has 4 rings (SSSR count). The number of rotatable bonds is 5. The van der Waals surface area contributed by atoms with Gasteiger partial charge in [0.05, 0.1) is 10.8 Å². The van der Waals surface area contributed by atoms with Crippen LogP contribution in [0.25, 0.3) is 22.4 Å². The molecule has 2 aromatic carbocycles. The van der Waals surface area contributed by atoms with Gasteiger partial charge in [-0.15, -0.1) is 10.2 Å². The molecule has 0 aliphatic heterocycles. The Morgan fingerprint density at radius 3 is 2.78 bits per heavy atom. The van der Waals surface area contributed by atoms with E-state index in [1.165, 1.54) is 11.8 Å². The highest BCUT2D eigenvalue weighted by Crippen LogP contribution is 2.31. The van der Waals surface area contributed by atoms with Gasteiger partial charge in [-0.1, -0.05) is 41.6 Å². The van der Waals surface area contributed by atoms with Crippen molar-refractivity contribution < 1.29 is 9.21 Å². The van der Waals surface area contributed by atoms with Crippen molar-refractivity contribution in [1.82, 2.24) is 15.2 Å². The van der Waals surface area contributed by atoms with Gasteiger partial charge in [-0.3, -0.25) is 4.79 Å². The van der Waals surface area contributed by atoms with Crippen LogP contribution in [0.1, 0.15) is 6.92 Å². The first-order valence-electron chi connectivity index (χ1n) is 8.23. The summed E-state index contributed by atoms with van der Waals surface area (Å²) in [5.41, 5.74) is 2.51. The average Bonchev–Trinajstić information content (AvgIpc) is 3.30. The van der Waals surface area contributed by atoms with Crippen molar-refractivity contribution >= 4 is 45.9 Å². The number of nitrogens with zero attached hydrogens (tertiary/aromatic N) is 2. The van der Waals surface area contributed by atoms with Crippen LogP contribution in [0.5, 0.6) is 0 Å². The highest BCUT2D eigenvalue weighted by Gasteiger charge is 2.20. The topological polar surface area (TPSA) is 83.8 Å². The van der Waals surface area contributed by atoms with Crippen LogP contribution in [0.2, 0.25) is 5.02 Å². The Kier molecular flexibility index (Phi) is 4.87. The third kappa shape index (κ3) is 3.84. The molecule has 0 saturated carbocycles. The van der Waals surface area contributed by atoms with Crippen molar-refractivity contribution in [2.75, 3.05) is 5.32 Å². The number of carbonyl (C=O) groups excluding carboxylic acids is 1. The van der Waals surface area contributed by atoms with E-state index in [4.69, 9.17) is 16.0 Å². The molecule has 2 heterocycles. The van der Waals surface area contributed by atoms with Crippen molar-refractivity contribution in [2.45, 2.75) is 17.4 Å². The standard InChI is InChI=1S/C19H15ClN4O2S/c1-11(17(25)22-13-8-6-12(20)7-9-13)27-19-24-23-18(26-19)15-10-21-16-5-3-2-4-14(15)16/h2-11,21H,1H3,(H,22,25)/t11-/m1/s1. The molecule has 0 bridgehead atoms. The Labute approximate surface area is 164 Å². The molecular formula is C19H15ClN4O2S. The lowest BCUT2D eigenvalue weighted by Crippen LogP contribution is -2.22. The minimum atomic E-state index is -0.406.